The van der Waals surface area contributed by atoms with Crippen LogP contribution in [-0.2, 0) is 6.61 Å². The molecule has 1 N–H and O–H groups in total. The van der Waals surface area contributed by atoms with Gasteiger partial charge >= 0.3 is 0 Å². The van der Waals surface area contributed by atoms with Crippen molar-refractivity contribution in [3.63, 3.8) is 0 Å². The molecule has 0 amide bonds. The molecule has 1 heterocycles. The molecule has 0 aliphatic carbocycles. The summed E-state index contributed by atoms with van der Waals surface area (Å²) in [6.45, 7) is 3.08. The zero-order chi connectivity index (χ0) is 13.1. The Labute approximate surface area is 108 Å². The van der Waals surface area contributed by atoms with E-state index < -0.39 is 0 Å². The van der Waals surface area contributed by atoms with E-state index in [-0.39, 0.29) is 12.4 Å². The van der Waals surface area contributed by atoms with Crippen LogP contribution in [0.2, 0.25) is 0 Å². The van der Waals surface area contributed by atoms with Gasteiger partial charge in [-0.2, -0.15) is 0 Å². The first kappa shape index (κ1) is 13.3. The third-order valence-corrected chi connectivity index (χ3v) is 3.64. The highest BCUT2D eigenvalue weighted by Crippen LogP contribution is 2.23. The average molecular weight is 252 g/mol. The first-order chi connectivity index (χ1) is 8.60. The van der Waals surface area contributed by atoms with Gasteiger partial charge in [0.2, 0.25) is 0 Å². The van der Waals surface area contributed by atoms with E-state index >= 15 is 0 Å². The normalized spacial score (nSPS) is 20.3. The van der Waals surface area contributed by atoms with Gasteiger partial charge in [-0.15, -0.1) is 0 Å². The first-order valence-electron chi connectivity index (χ1n) is 6.39. The van der Waals surface area contributed by atoms with Crippen molar-refractivity contribution >= 4 is 5.69 Å². The van der Waals surface area contributed by atoms with Crippen molar-refractivity contribution in [2.24, 2.45) is 5.92 Å². The summed E-state index contributed by atoms with van der Waals surface area (Å²) in [6.07, 6.45) is 1.20. The Balaban J connectivity index is 2.06. The third-order valence-electron chi connectivity index (χ3n) is 3.64. The second-order valence-electron chi connectivity index (χ2n) is 5.23. The number of likely N-dealkylation sites (tertiary alicyclic amines) is 1. The third kappa shape index (κ3) is 3.00. The minimum absolute atomic E-state index is 0.123. The second kappa shape index (κ2) is 5.67. The highest BCUT2D eigenvalue weighted by atomic mass is 19.1. The number of benzene rings is 1. The Kier molecular flexibility index (Phi) is 4.19. The number of rotatable bonds is 4. The molecule has 100 valence electrons. The topological polar surface area (TPSA) is 26.7 Å². The standard InChI is InChI=1S/C14H21FN2O/c1-16-6-5-11(8-16)9-17(2)14-4-3-13(15)7-12(14)10-18/h3-4,7,11,18H,5-6,8-10H2,1-2H3. The first-order valence-corrected chi connectivity index (χ1v) is 6.39. The lowest BCUT2D eigenvalue weighted by atomic mass is 10.1. The van der Waals surface area contributed by atoms with E-state index in [1.807, 2.05) is 7.05 Å². The molecule has 1 aliphatic rings. The van der Waals surface area contributed by atoms with Crippen LogP contribution in [-0.4, -0.2) is 43.7 Å². The largest absolute Gasteiger partial charge is 0.392 e. The Morgan fingerprint density at radius 2 is 2.28 bits per heavy atom. The summed E-state index contributed by atoms with van der Waals surface area (Å²) in [5, 5.41) is 9.29. The average Bonchev–Trinajstić information content (AvgIpc) is 2.74. The Morgan fingerprint density at radius 3 is 2.89 bits per heavy atom. The molecule has 0 aromatic heterocycles. The molecule has 0 bridgehead atoms. The van der Waals surface area contributed by atoms with Gasteiger partial charge in [-0.25, -0.2) is 4.39 Å². The maximum Gasteiger partial charge on any atom is 0.123 e. The van der Waals surface area contributed by atoms with Gasteiger partial charge in [0.25, 0.3) is 0 Å². The molecule has 0 radical (unpaired) electrons. The number of halogens is 1. The molecule has 1 unspecified atom stereocenters. The maximum absolute atomic E-state index is 13.1. The van der Waals surface area contributed by atoms with Crippen molar-refractivity contribution in [2.45, 2.75) is 13.0 Å². The Morgan fingerprint density at radius 1 is 1.50 bits per heavy atom. The SMILES string of the molecule is CN1CCC(CN(C)c2ccc(F)cc2CO)C1. The summed E-state index contributed by atoms with van der Waals surface area (Å²) >= 11 is 0. The van der Waals surface area contributed by atoms with Crippen LogP contribution in [0.15, 0.2) is 18.2 Å². The monoisotopic (exact) mass is 252 g/mol. The molecule has 1 saturated heterocycles. The zero-order valence-corrected chi connectivity index (χ0v) is 11.1. The summed E-state index contributed by atoms with van der Waals surface area (Å²) in [6, 6.07) is 4.61. The van der Waals surface area contributed by atoms with Crippen molar-refractivity contribution in [3.8, 4) is 0 Å². The summed E-state index contributed by atoms with van der Waals surface area (Å²) in [7, 11) is 4.14. The van der Waals surface area contributed by atoms with Crippen LogP contribution in [0, 0.1) is 11.7 Å². The van der Waals surface area contributed by atoms with Crippen LogP contribution in [0.1, 0.15) is 12.0 Å². The van der Waals surface area contributed by atoms with Gasteiger partial charge in [-0.3, -0.25) is 0 Å². The molecular weight excluding hydrogens is 231 g/mol. The molecule has 1 aromatic carbocycles. The quantitative estimate of drug-likeness (QED) is 0.883. The molecule has 0 spiro atoms. The number of aliphatic hydroxyl groups excluding tert-OH is 1. The van der Waals surface area contributed by atoms with E-state index in [0.29, 0.717) is 11.5 Å². The highest BCUT2D eigenvalue weighted by Gasteiger charge is 2.21. The zero-order valence-electron chi connectivity index (χ0n) is 11.1. The van der Waals surface area contributed by atoms with Crippen LogP contribution in [0.5, 0.6) is 0 Å². The van der Waals surface area contributed by atoms with E-state index in [4.69, 9.17) is 0 Å². The molecule has 0 saturated carbocycles. The van der Waals surface area contributed by atoms with Gasteiger partial charge in [0.15, 0.2) is 0 Å². The Hall–Kier alpha value is -1.13. The fourth-order valence-electron chi connectivity index (χ4n) is 2.71. The lowest BCUT2D eigenvalue weighted by Crippen LogP contribution is -2.28. The summed E-state index contributed by atoms with van der Waals surface area (Å²) in [5.41, 5.74) is 1.58. The van der Waals surface area contributed by atoms with E-state index in [1.165, 1.54) is 18.6 Å². The predicted octanol–water partition coefficient (Wildman–Crippen LogP) is 1.71. The van der Waals surface area contributed by atoms with Crippen LogP contribution in [0.4, 0.5) is 10.1 Å². The van der Waals surface area contributed by atoms with Crippen LogP contribution in [0.25, 0.3) is 0 Å². The maximum atomic E-state index is 13.1. The lowest BCUT2D eigenvalue weighted by Gasteiger charge is -2.25. The van der Waals surface area contributed by atoms with Gasteiger partial charge in [0.1, 0.15) is 5.82 Å². The van der Waals surface area contributed by atoms with Crippen molar-refractivity contribution < 1.29 is 9.50 Å². The molecule has 4 heteroatoms. The van der Waals surface area contributed by atoms with Gasteiger partial charge in [0, 0.05) is 31.4 Å². The van der Waals surface area contributed by atoms with Gasteiger partial charge < -0.3 is 14.9 Å². The van der Waals surface area contributed by atoms with Gasteiger partial charge in [-0.05, 0) is 44.1 Å². The lowest BCUT2D eigenvalue weighted by molar-refractivity contribution is 0.281. The molecule has 2 rings (SSSR count). The second-order valence-corrected chi connectivity index (χ2v) is 5.23. The highest BCUT2D eigenvalue weighted by molar-refractivity contribution is 5.53. The van der Waals surface area contributed by atoms with E-state index in [0.717, 1.165) is 25.3 Å². The van der Waals surface area contributed by atoms with Crippen LogP contribution >= 0.6 is 0 Å². The molecule has 1 aromatic rings. The molecule has 1 aliphatic heterocycles. The number of hydrogen-bond acceptors (Lipinski definition) is 3. The number of hydrogen-bond donors (Lipinski definition) is 1. The molecule has 1 atom stereocenters. The predicted molar refractivity (Wildman–Crippen MR) is 71.2 cm³/mol. The van der Waals surface area contributed by atoms with Crippen molar-refractivity contribution in [1.29, 1.82) is 0 Å². The summed E-state index contributed by atoms with van der Waals surface area (Å²) in [5.74, 6) is 0.355. The smallest absolute Gasteiger partial charge is 0.123 e. The van der Waals surface area contributed by atoms with E-state index in [2.05, 4.69) is 16.8 Å². The summed E-state index contributed by atoms with van der Waals surface area (Å²) in [4.78, 5) is 4.45. The van der Waals surface area contributed by atoms with Crippen molar-refractivity contribution in [3.05, 3.63) is 29.6 Å². The number of nitrogens with zero attached hydrogens (tertiary/aromatic N) is 2. The van der Waals surface area contributed by atoms with E-state index in [1.54, 1.807) is 6.07 Å². The van der Waals surface area contributed by atoms with Crippen LogP contribution in [0.3, 0.4) is 0 Å². The molecular formula is C14H21FN2O. The fraction of sp³-hybridized carbons (Fsp3) is 0.571. The van der Waals surface area contributed by atoms with Crippen molar-refractivity contribution in [1.82, 2.24) is 4.90 Å². The van der Waals surface area contributed by atoms with Crippen LogP contribution < -0.4 is 4.90 Å². The number of anilines is 1. The Bertz CT molecular complexity index is 411. The molecule has 3 nitrogen and oxygen atoms in total. The summed E-state index contributed by atoms with van der Waals surface area (Å²) < 4.78 is 13.1. The van der Waals surface area contributed by atoms with E-state index in [9.17, 15) is 9.50 Å². The molecule has 18 heavy (non-hydrogen) atoms. The van der Waals surface area contributed by atoms with Gasteiger partial charge in [-0.1, -0.05) is 0 Å². The fourth-order valence-corrected chi connectivity index (χ4v) is 2.71. The van der Waals surface area contributed by atoms with Gasteiger partial charge in [0.05, 0.1) is 6.61 Å². The van der Waals surface area contributed by atoms with Crippen molar-refractivity contribution in [2.75, 3.05) is 38.6 Å². The molecule has 1 fully saturated rings. The number of aliphatic hydroxyl groups is 1. The minimum Gasteiger partial charge on any atom is -0.392 e. The minimum atomic E-state index is -0.295.